The summed E-state index contributed by atoms with van der Waals surface area (Å²) in [6.45, 7) is 2.66. The van der Waals surface area contributed by atoms with E-state index in [1.807, 2.05) is 23.1 Å². The fraction of sp³-hybridized carbons (Fsp3) is 0.381. The molecule has 7 heteroatoms. The van der Waals surface area contributed by atoms with Crippen molar-refractivity contribution < 1.29 is 23.7 Å². The van der Waals surface area contributed by atoms with Crippen molar-refractivity contribution in [1.29, 1.82) is 0 Å². The second-order valence-corrected chi connectivity index (χ2v) is 6.39. The van der Waals surface area contributed by atoms with E-state index in [0.717, 1.165) is 17.2 Å². The summed E-state index contributed by atoms with van der Waals surface area (Å²) in [7, 11) is 6.44. The van der Waals surface area contributed by atoms with E-state index in [1.165, 1.54) is 0 Å². The molecule has 3 rings (SSSR count). The summed E-state index contributed by atoms with van der Waals surface area (Å²) >= 11 is 0. The van der Waals surface area contributed by atoms with Crippen LogP contribution in [0, 0.1) is 0 Å². The van der Waals surface area contributed by atoms with Crippen molar-refractivity contribution >= 4 is 11.6 Å². The molecule has 150 valence electrons. The number of rotatable bonds is 6. The summed E-state index contributed by atoms with van der Waals surface area (Å²) in [5, 5.41) is 0. The maximum absolute atomic E-state index is 12.9. The minimum atomic E-state index is -0.0155. The second kappa shape index (κ2) is 8.73. The van der Waals surface area contributed by atoms with E-state index in [4.69, 9.17) is 18.9 Å². The zero-order valence-electron chi connectivity index (χ0n) is 16.7. The van der Waals surface area contributed by atoms with Crippen LogP contribution in [0.5, 0.6) is 23.0 Å². The van der Waals surface area contributed by atoms with Crippen molar-refractivity contribution in [3.8, 4) is 23.0 Å². The normalized spacial score (nSPS) is 13.9. The summed E-state index contributed by atoms with van der Waals surface area (Å²) in [5.74, 6) is 2.71. The molecule has 28 heavy (non-hydrogen) atoms. The Morgan fingerprint density at radius 1 is 0.750 bits per heavy atom. The Kier molecular flexibility index (Phi) is 6.13. The van der Waals surface area contributed by atoms with Crippen molar-refractivity contribution in [3.63, 3.8) is 0 Å². The molecule has 0 aromatic heterocycles. The van der Waals surface area contributed by atoms with Gasteiger partial charge < -0.3 is 28.7 Å². The molecule has 1 saturated heterocycles. The molecule has 0 aliphatic carbocycles. The zero-order chi connectivity index (χ0) is 20.1. The van der Waals surface area contributed by atoms with Gasteiger partial charge in [0.05, 0.1) is 34.1 Å². The van der Waals surface area contributed by atoms with Gasteiger partial charge in [-0.1, -0.05) is 0 Å². The van der Waals surface area contributed by atoms with Crippen LogP contribution in [0.1, 0.15) is 10.4 Å². The van der Waals surface area contributed by atoms with Crippen LogP contribution in [-0.2, 0) is 0 Å². The molecule has 0 atom stereocenters. The third kappa shape index (κ3) is 3.93. The molecule has 1 amide bonds. The third-order valence-corrected chi connectivity index (χ3v) is 4.92. The number of hydrogen-bond acceptors (Lipinski definition) is 6. The summed E-state index contributed by atoms with van der Waals surface area (Å²) in [4.78, 5) is 17.0. The molecule has 1 aliphatic rings. The van der Waals surface area contributed by atoms with Crippen molar-refractivity contribution in [2.75, 3.05) is 59.5 Å². The van der Waals surface area contributed by atoms with Crippen molar-refractivity contribution in [2.45, 2.75) is 0 Å². The van der Waals surface area contributed by atoms with Gasteiger partial charge in [0.1, 0.15) is 11.5 Å². The monoisotopic (exact) mass is 386 g/mol. The van der Waals surface area contributed by atoms with E-state index in [1.54, 1.807) is 46.6 Å². The predicted molar refractivity (Wildman–Crippen MR) is 107 cm³/mol. The molecule has 0 radical (unpaired) electrons. The van der Waals surface area contributed by atoms with E-state index in [9.17, 15) is 4.79 Å². The highest BCUT2D eigenvalue weighted by Gasteiger charge is 2.25. The summed E-state index contributed by atoms with van der Waals surface area (Å²) < 4.78 is 21.4. The second-order valence-electron chi connectivity index (χ2n) is 6.39. The maximum atomic E-state index is 12.9. The molecule has 2 aromatic carbocycles. The number of carbonyl (C=O) groups is 1. The molecule has 1 fully saturated rings. The molecular formula is C21H26N2O5. The number of carbonyl (C=O) groups excluding carboxylic acids is 1. The van der Waals surface area contributed by atoms with E-state index in [2.05, 4.69) is 4.90 Å². The maximum Gasteiger partial charge on any atom is 0.254 e. The number of nitrogens with zero attached hydrogens (tertiary/aromatic N) is 2. The van der Waals surface area contributed by atoms with E-state index >= 15 is 0 Å². The van der Waals surface area contributed by atoms with Crippen molar-refractivity contribution in [2.24, 2.45) is 0 Å². The summed E-state index contributed by atoms with van der Waals surface area (Å²) in [5.41, 5.74) is 1.56. The number of piperazine rings is 1. The highest BCUT2D eigenvalue weighted by Crippen LogP contribution is 2.33. The van der Waals surface area contributed by atoms with Gasteiger partial charge in [-0.05, 0) is 30.3 Å². The number of anilines is 1. The van der Waals surface area contributed by atoms with Crippen LogP contribution in [0.3, 0.4) is 0 Å². The average Bonchev–Trinajstić information content (AvgIpc) is 2.77. The van der Waals surface area contributed by atoms with E-state index < -0.39 is 0 Å². The molecule has 0 spiro atoms. The van der Waals surface area contributed by atoms with E-state index in [-0.39, 0.29) is 5.91 Å². The first-order valence-corrected chi connectivity index (χ1v) is 9.09. The van der Waals surface area contributed by atoms with Crippen LogP contribution in [0.2, 0.25) is 0 Å². The van der Waals surface area contributed by atoms with Crippen LogP contribution < -0.4 is 23.8 Å². The first-order chi connectivity index (χ1) is 13.6. The van der Waals surface area contributed by atoms with Gasteiger partial charge >= 0.3 is 0 Å². The SMILES string of the molecule is COc1ccc(OC)c(N2CCN(C(=O)c3ccc(OC)c(OC)c3)CC2)c1. The zero-order valence-corrected chi connectivity index (χ0v) is 16.7. The number of hydrogen-bond donors (Lipinski definition) is 0. The van der Waals surface area contributed by atoms with Gasteiger partial charge in [-0.15, -0.1) is 0 Å². The van der Waals surface area contributed by atoms with Gasteiger partial charge in [0.15, 0.2) is 11.5 Å². The molecule has 1 heterocycles. The number of ether oxygens (including phenoxy) is 4. The van der Waals surface area contributed by atoms with E-state index in [0.29, 0.717) is 43.2 Å². The van der Waals surface area contributed by atoms with Crippen molar-refractivity contribution in [3.05, 3.63) is 42.0 Å². The van der Waals surface area contributed by atoms with Gasteiger partial charge in [-0.2, -0.15) is 0 Å². The molecule has 7 nitrogen and oxygen atoms in total. The van der Waals surface area contributed by atoms with Crippen LogP contribution in [0.15, 0.2) is 36.4 Å². The fourth-order valence-corrected chi connectivity index (χ4v) is 3.35. The molecule has 0 bridgehead atoms. The molecular weight excluding hydrogens is 360 g/mol. The minimum Gasteiger partial charge on any atom is -0.497 e. The van der Waals surface area contributed by atoms with Gasteiger partial charge in [-0.3, -0.25) is 4.79 Å². The number of amides is 1. The quantitative estimate of drug-likeness (QED) is 0.761. The lowest BCUT2D eigenvalue weighted by Gasteiger charge is -2.36. The molecule has 2 aromatic rings. The first-order valence-electron chi connectivity index (χ1n) is 9.09. The number of methoxy groups -OCH3 is 4. The Balaban J connectivity index is 1.71. The standard InChI is InChI=1S/C21H26N2O5/c1-25-16-6-8-18(26-2)17(14-16)22-9-11-23(12-10-22)21(24)15-5-7-19(27-3)20(13-15)28-4/h5-8,13-14H,9-12H2,1-4H3. The van der Waals surface area contributed by atoms with Gasteiger partial charge in [0.25, 0.3) is 5.91 Å². The highest BCUT2D eigenvalue weighted by atomic mass is 16.5. The Bertz CT molecular complexity index is 832. The van der Waals surface area contributed by atoms with Crippen LogP contribution in [0.4, 0.5) is 5.69 Å². The van der Waals surface area contributed by atoms with Crippen molar-refractivity contribution in [1.82, 2.24) is 4.90 Å². The van der Waals surface area contributed by atoms with Crippen LogP contribution in [-0.4, -0.2) is 65.4 Å². The number of benzene rings is 2. The Morgan fingerprint density at radius 3 is 2.00 bits per heavy atom. The summed E-state index contributed by atoms with van der Waals surface area (Å²) in [6.07, 6.45) is 0. The first kappa shape index (κ1) is 19.7. The Morgan fingerprint density at radius 2 is 1.39 bits per heavy atom. The lowest BCUT2D eigenvalue weighted by molar-refractivity contribution is 0.0746. The topological polar surface area (TPSA) is 60.5 Å². The molecule has 1 aliphatic heterocycles. The molecule has 0 saturated carbocycles. The lowest BCUT2D eigenvalue weighted by atomic mass is 10.1. The highest BCUT2D eigenvalue weighted by molar-refractivity contribution is 5.95. The summed E-state index contributed by atoms with van der Waals surface area (Å²) in [6, 6.07) is 11.0. The smallest absolute Gasteiger partial charge is 0.254 e. The Labute approximate surface area is 165 Å². The Hall–Kier alpha value is -3.09. The minimum absolute atomic E-state index is 0.0155. The van der Waals surface area contributed by atoms with Gasteiger partial charge in [0.2, 0.25) is 0 Å². The lowest BCUT2D eigenvalue weighted by Crippen LogP contribution is -2.48. The third-order valence-electron chi connectivity index (χ3n) is 4.92. The largest absolute Gasteiger partial charge is 0.497 e. The molecule has 0 N–H and O–H groups in total. The van der Waals surface area contributed by atoms with Gasteiger partial charge in [-0.25, -0.2) is 0 Å². The predicted octanol–water partition coefficient (Wildman–Crippen LogP) is 2.68. The van der Waals surface area contributed by atoms with Crippen LogP contribution in [0.25, 0.3) is 0 Å². The fourth-order valence-electron chi connectivity index (χ4n) is 3.35. The average molecular weight is 386 g/mol. The van der Waals surface area contributed by atoms with Gasteiger partial charge in [0, 0.05) is 37.8 Å². The molecule has 0 unspecified atom stereocenters. The van der Waals surface area contributed by atoms with Crippen LogP contribution >= 0.6 is 0 Å².